The minimum Gasteiger partial charge on any atom is -0.392 e. The van der Waals surface area contributed by atoms with Crippen LogP contribution in [0.1, 0.15) is 26.2 Å². The second kappa shape index (κ2) is 5.34. The van der Waals surface area contributed by atoms with E-state index in [1.165, 1.54) is 16.6 Å². The predicted molar refractivity (Wildman–Crippen MR) is 67.4 cm³/mol. The Balaban J connectivity index is 2.34. The number of hydrogen-bond donors (Lipinski definition) is 1. The van der Waals surface area contributed by atoms with Gasteiger partial charge in [-0.05, 0) is 31.9 Å². The van der Waals surface area contributed by atoms with Gasteiger partial charge in [0, 0.05) is 18.9 Å². The van der Waals surface area contributed by atoms with E-state index in [1.807, 2.05) is 0 Å². The fraction of sp³-hybridized carbons (Fsp3) is 0.583. The predicted octanol–water partition coefficient (Wildman–Crippen LogP) is 1.01. The number of piperidine rings is 1. The van der Waals surface area contributed by atoms with Crippen LogP contribution in [0.25, 0.3) is 0 Å². The second-order valence-corrected chi connectivity index (χ2v) is 6.50. The average Bonchev–Trinajstić information content (AvgIpc) is 2.39. The molecule has 0 saturated carbocycles. The summed E-state index contributed by atoms with van der Waals surface area (Å²) < 4.78 is 26.4. The van der Waals surface area contributed by atoms with E-state index in [0.29, 0.717) is 13.0 Å². The third kappa shape index (κ3) is 2.55. The van der Waals surface area contributed by atoms with E-state index in [4.69, 9.17) is 0 Å². The Morgan fingerprint density at radius 2 is 2.28 bits per heavy atom. The highest BCUT2D eigenvalue weighted by atomic mass is 32.2. The van der Waals surface area contributed by atoms with Crippen LogP contribution >= 0.6 is 0 Å². The molecule has 2 heterocycles. The van der Waals surface area contributed by atoms with Gasteiger partial charge in [-0.1, -0.05) is 6.42 Å². The molecule has 1 N–H and O–H groups in total. The van der Waals surface area contributed by atoms with Gasteiger partial charge in [-0.3, -0.25) is 4.98 Å². The summed E-state index contributed by atoms with van der Waals surface area (Å²) in [4.78, 5) is 4.04. The van der Waals surface area contributed by atoms with Crippen LogP contribution < -0.4 is 0 Å². The van der Waals surface area contributed by atoms with Gasteiger partial charge in [-0.15, -0.1) is 0 Å². The lowest BCUT2D eigenvalue weighted by molar-refractivity contribution is 0.0831. The minimum absolute atomic E-state index is 0.192. The van der Waals surface area contributed by atoms with Crippen molar-refractivity contribution in [2.45, 2.75) is 43.2 Å². The van der Waals surface area contributed by atoms with E-state index in [9.17, 15) is 13.5 Å². The summed E-state index contributed by atoms with van der Waals surface area (Å²) in [5.74, 6) is 0. The summed E-state index contributed by atoms with van der Waals surface area (Å²) in [6, 6.07) is 2.81. The first kappa shape index (κ1) is 13.5. The summed E-state index contributed by atoms with van der Waals surface area (Å²) in [6.45, 7) is 2.11. The van der Waals surface area contributed by atoms with Crippen molar-refractivity contribution in [1.29, 1.82) is 0 Å². The molecular formula is C12H18N2O3S. The Morgan fingerprint density at radius 1 is 1.50 bits per heavy atom. The van der Waals surface area contributed by atoms with Crippen LogP contribution in [0.5, 0.6) is 0 Å². The summed E-state index contributed by atoms with van der Waals surface area (Å²) in [5.41, 5.74) is 0. The van der Waals surface area contributed by atoms with Crippen LogP contribution in [-0.4, -0.2) is 41.5 Å². The van der Waals surface area contributed by atoms with Crippen LogP contribution in [0.3, 0.4) is 0 Å². The Labute approximate surface area is 108 Å². The Morgan fingerprint density at radius 3 is 2.89 bits per heavy atom. The highest BCUT2D eigenvalue weighted by Crippen LogP contribution is 2.26. The van der Waals surface area contributed by atoms with Gasteiger partial charge in [0.2, 0.25) is 10.0 Å². The molecule has 6 heteroatoms. The molecule has 0 aliphatic carbocycles. The number of aliphatic hydroxyl groups excluding tert-OH is 1. The average molecular weight is 270 g/mol. The minimum atomic E-state index is -3.55. The van der Waals surface area contributed by atoms with Crippen molar-refractivity contribution in [3.05, 3.63) is 24.5 Å². The van der Waals surface area contributed by atoms with Crippen molar-refractivity contribution in [3.63, 3.8) is 0 Å². The molecule has 2 rings (SSSR count). The second-order valence-electron chi connectivity index (χ2n) is 4.61. The molecule has 0 bridgehead atoms. The molecule has 0 radical (unpaired) electrons. The van der Waals surface area contributed by atoms with Crippen LogP contribution in [0.15, 0.2) is 29.4 Å². The topological polar surface area (TPSA) is 70.5 Å². The zero-order valence-corrected chi connectivity index (χ0v) is 11.2. The molecule has 2 atom stereocenters. The molecule has 5 nitrogen and oxygen atoms in total. The lowest BCUT2D eigenvalue weighted by Crippen LogP contribution is -2.48. The van der Waals surface area contributed by atoms with Gasteiger partial charge in [-0.2, -0.15) is 4.31 Å². The number of pyridine rings is 1. The normalized spacial score (nSPS) is 23.8. The quantitative estimate of drug-likeness (QED) is 0.889. The fourth-order valence-corrected chi connectivity index (χ4v) is 4.07. The highest BCUT2D eigenvalue weighted by molar-refractivity contribution is 7.89. The molecule has 0 amide bonds. The molecule has 1 aromatic heterocycles. The number of aromatic nitrogens is 1. The largest absolute Gasteiger partial charge is 0.392 e. The van der Waals surface area contributed by atoms with E-state index in [0.717, 1.165) is 12.8 Å². The van der Waals surface area contributed by atoms with Crippen LogP contribution in [0.2, 0.25) is 0 Å². The molecule has 2 unspecified atom stereocenters. The van der Waals surface area contributed by atoms with Gasteiger partial charge < -0.3 is 5.11 Å². The molecule has 18 heavy (non-hydrogen) atoms. The monoisotopic (exact) mass is 270 g/mol. The van der Waals surface area contributed by atoms with Crippen molar-refractivity contribution in [2.24, 2.45) is 0 Å². The lowest BCUT2D eigenvalue weighted by atomic mass is 10.0. The summed E-state index contributed by atoms with van der Waals surface area (Å²) in [5, 5.41) is 9.74. The number of hydrogen-bond acceptors (Lipinski definition) is 4. The van der Waals surface area contributed by atoms with Gasteiger partial charge in [-0.25, -0.2) is 8.42 Å². The Bertz CT molecular complexity index is 487. The SMILES string of the molecule is CC(O)C1CCCCN1S(=O)(=O)c1cccnc1. The van der Waals surface area contributed by atoms with E-state index in [1.54, 1.807) is 19.2 Å². The Hall–Kier alpha value is -0.980. The summed E-state index contributed by atoms with van der Waals surface area (Å²) >= 11 is 0. The van der Waals surface area contributed by atoms with Crippen molar-refractivity contribution >= 4 is 10.0 Å². The maximum absolute atomic E-state index is 12.5. The van der Waals surface area contributed by atoms with Crippen molar-refractivity contribution in [3.8, 4) is 0 Å². The first-order chi connectivity index (χ1) is 8.53. The summed E-state index contributed by atoms with van der Waals surface area (Å²) in [7, 11) is -3.55. The smallest absolute Gasteiger partial charge is 0.244 e. The number of aliphatic hydroxyl groups is 1. The van der Waals surface area contributed by atoms with Crippen molar-refractivity contribution < 1.29 is 13.5 Å². The van der Waals surface area contributed by atoms with Crippen molar-refractivity contribution in [2.75, 3.05) is 6.54 Å². The molecule has 0 aromatic carbocycles. The van der Waals surface area contributed by atoms with Gasteiger partial charge in [0.15, 0.2) is 0 Å². The molecule has 1 fully saturated rings. The van der Waals surface area contributed by atoms with Crippen molar-refractivity contribution in [1.82, 2.24) is 9.29 Å². The standard InChI is InChI=1S/C12H18N2O3S/c1-10(15)12-6-2-3-8-14(12)18(16,17)11-5-4-7-13-9-11/h4-5,7,9-10,12,15H,2-3,6,8H2,1H3. The number of sulfonamides is 1. The van der Waals surface area contributed by atoms with Gasteiger partial charge in [0.25, 0.3) is 0 Å². The van der Waals surface area contributed by atoms with E-state index < -0.39 is 16.1 Å². The number of rotatable bonds is 3. The third-order valence-corrected chi connectivity index (χ3v) is 5.20. The molecule has 100 valence electrons. The summed E-state index contributed by atoms with van der Waals surface area (Å²) in [6.07, 6.45) is 4.73. The maximum Gasteiger partial charge on any atom is 0.244 e. The first-order valence-corrected chi connectivity index (χ1v) is 7.57. The Kier molecular flexibility index (Phi) is 3.99. The fourth-order valence-electron chi connectivity index (χ4n) is 2.35. The molecular weight excluding hydrogens is 252 g/mol. The molecule has 0 spiro atoms. The van der Waals surface area contributed by atoms with Gasteiger partial charge in [0.1, 0.15) is 4.90 Å². The first-order valence-electron chi connectivity index (χ1n) is 6.13. The highest BCUT2D eigenvalue weighted by Gasteiger charge is 2.35. The zero-order valence-electron chi connectivity index (χ0n) is 10.4. The molecule has 1 saturated heterocycles. The maximum atomic E-state index is 12.5. The zero-order chi connectivity index (χ0) is 13.2. The van der Waals surface area contributed by atoms with Crippen LogP contribution in [-0.2, 0) is 10.0 Å². The molecule has 1 aliphatic heterocycles. The van der Waals surface area contributed by atoms with E-state index >= 15 is 0 Å². The lowest BCUT2D eigenvalue weighted by Gasteiger charge is -2.36. The third-order valence-electron chi connectivity index (χ3n) is 3.30. The van der Waals surface area contributed by atoms with E-state index in [2.05, 4.69) is 4.98 Å². The molecule has 1 aliphatic rings. The molecule has 1 aromatic rings. The van der Waals surface area contributed by atoms with Gasteiger partial charge in [0.05, 0.1) is 12.1 Å². The van der Waals surface area contributed by atoms with Gasteiger partial charge >= 0.3 is 0 Å². The number of nitrogens with zero attached hydrogens (tertiary/aromatic N) is 2. The van der Waals surface area contributed by atoms with Crippen LogP contribution in [0.4, 0.5) is 0 Å². The van der Waals surface area contributed by atoms with Crippen LogP contribution in [0, 0.1) is 0 Å². The van der Waals surface area contributed by atoms with E-state index in [-0.39, 0.29) is 10.9 Å².